The Morgan fingerprint density at radius 3 is 1.71 bits per heavy atom. The number of hydrogen-bond acceptors (Lipinski definition) is 2. The molecule has 10 rings (SSSR count). The van der Waals surface area contributed by atoms with Gasteiger partial charge in [-0.25, -0.2) is 0 Å². The minimum absolute atomic E-state index is 0.572. The molecule has 2 aliphatic carbocycles. The molecule has 7 aromatic rings. The Bertz CT molecular complexity index is 2250. The van der Waals surface area contributed by atoms with Gasteiger partial charge < -0.3 is 14.2 Å². The van der Waals surface area contributed by atoms with Crippen molar-refractivity contribution in [1.82, 2.24) is 4.57 Å². The zero-order valence-electron chi connectivity index (χ0n) is 29.1. The molecule has 0 atom stereocenters. The molecule has 3 aliphatic rings. The lowest BCUT2D eigenvalue weighted by Crippen LogP contribution is -2.46. The molecule has 0 bridgehead atoms. The summed E-state index contributed by atoms with van der Waals surface area (Å²) in [6.45, 7) is 0. The molecule has 1 aromatic heterocycles. The van der Waals surface area contributed by atoms with Crippen LogP contribution in [0.3, 0.4) is 0 Å². The van der Waals surface area contributed by atoms with Crippen molar-refractivity contribution in [3.63, 3.8) is 0 Å². The molecule has 51 heavy (non-hydrogen) atoms. The monoisotopic (exact) mass is 664 g/mol. The summed E-state index contributed by atoms with van der Waals surface area (Å²) >= 11 is 0. The molecular formula is C48H44N2O. The maximum absolute atomic E-state index is 6.79. The molecule has 0 N–H and O–H groups in total. The van der Waals surface area contributed by atoms with E-state index < -0.39 is 0 Å². The van der Waals surface area contributed by atoms with Crippen LogP contribution in [0.1, 0.15) is 74.3 Å². The van der Waals surface area contributed by atoms with Crippen molar-refractivity contribution in [3.8, 4) is 28.3 Å². The molecule has 0 unspecified atom stereocenters. The number of fused-ring (bicyclic) bond motifs is 5. The summed E-state index contributed by atoms with van der Waals surface area (Å²) < 4.78 is 9.19. The van der Waals surface area contributed by atoms with Crippen molar-refractivity contribution >= 4 is 27.5 Å². The van der Waals surface area contributed by atoms with Crippen LogP contribution in [0, 0.1) is 0 Å². The fourth-order valence-electron chi connectivity index (χ4n) is 9.82. The highest BCUT2D eigenvalue weighted by atomic mass is 16.5. The van der Waals surface area contributed by atoms with Crippen LogP contribution in [0.2, 0.25) is 0 Å². The van der Waals surface area contributed by atoms with Gasteiger partial charge >= 0.3 is 0 Å². The van der Waals surface area contributed by atoms with E-state index in [1.54, 1.807) is 0 Å². The Morgan fingerprint density at radius 1 is 0.490 bits per heavy atom. The number of aromatic nitrogens is 1. The van der Waals surface area contributed by atoms with Gasteiger partial charge in [0.05, 0.1) is 16.7 Å². The molecule has 0 spiro atoms. The van der Waals surface area contributed by atoms with Crippen LogP contribution in [0.15, 0.2) is 146 Å². The second kappa shape index (κ2) is 12.8. The Morgan fingerprint density at radius 2 is 1.06 bits per heavy atom. The van der Waals surface area contributed by atoms with Crippen molar-refractivity contribution in [2.45, 2.75) is 75.3 Å². The van der Waals surface area contributed by atoms with Gasteiger partial charge in [0.1, 0.15) is 0 Å². The van der Waals surface area contributed by atoms with Crippen molar-refractivity contribution in [3.05, 3.63) is 157 Å². The zero-order valence-corrected chi connectivity index (χ0v) is 29.1. The van der Waals surface area contributed by atoms with Crippen LogP contribution in [-0.4, -0.2) is 16.7 Å². The third-order valence-electron chi connectivity index (χ3n) is 12.3. The van der Waals surface area contributed by atoms with E-state index in [1.165, 1.54) is 90.0 Å². The highest BCUT2D eigenvalue weighted by Crippen LogP contribution is 2.49. The summed E-state index contributed by atoms with van der Waals surface area (Å²) in [5, 5.41) is 2.50. The fourth-order valence-corrected chi connectivity index (χ4v) is 9.82. The maximum atomic E-state index is 6.79. The van der Waals surface area contributed by atoms with Gasteiger partial charge in [-0.2, -0.15) is 0 Å². The number of hydrogen-bond donors (Lipinski definition) is 0. The standard InChI is InChI=1S/C48H44N2O/c1-3-11-33(12-4-1)35-21-27-38(28-22-35)49(39-29-23-36(24-30-39)34-13-5-2-6-14-34)40-31-25-37(26-32-40)41-16-9-19-45-48(41)51-46-20-10-17-43-42-15-7-8-18-44(42)50(45)47(43)46/h1-20,25-26,31-32,35-36,38-39H,21-24,27-30H2. The predicted octanol–water partition coefficient (Wildman–Crippen LogP) is 12.8. The largest absolute Gasteiger partial charge is 0.452 e. The average Bonchev–Trinajstić information content (AvgIpc) is 3.55. The Kier molecular flexibility index (Phi) is 7.66. The van der Waals surface area contributed by atoms with Gasteiger partial charge in [-0.3, -0.25) is 0 Å². The smallest absolute Gasteiger partial charge is 0.159 e. The van der Waals surface area contributed by atoms with E-state index in [9.17, 15) is 0 Å². The lowest BCUT2D eigenvalue weighted by molar-refractivity contribution is 0.310. The Balaban J connectivity index is 0.972. The summed E-state index contributed by atoms with van der Waals surface area (Å²) in [6, 6.07) is 54.8. The van der Waals surface area contributed by atoms with Crippen LogP contribution < -0.4 is 9.64 Å². The zero-order chi connectivity index (χ0) is 33.7. The molecule has 1 aliphatic heterocycles. The first-order valence-corrected chi connectivity index (χ1v) is 19.1. The minimum atomic E-state index is 0.572. The van der Waals surface area contributed by atoms with Crippen molar-refractivity contribution in [2.24, 2.45) is 0 Å². The van der Waals surface area contributed by atoms with Crippen LogP contribution >= 0.6 is 0 Å². The molecule has 0 saturated heterocycles. The molecule has 2 saturated carbocycles. The molecule has 3 heteroatoms. The molecule has 0 amide bonds. The molecule has 0 radical (unpaired) electrons. The van der Waals surface area contributed by atoms with E-state index in [0.29, 0.717) is 23.9 Å². The fraction of sp³-hybridized carbons (Fsp3) is 0.250. The normalized spacial score (nSPS) is 21.3. The number of anilines is 1. The van der Waals surface area contributed by atoms with Crippen LogP contribution in [-0.2, 0) is 0 Å². The highest BCUT2D eigenvalue weighted by molar-refractivity contribution is 6.12. The minimum Gasteiger partial charge on any atom is -0.452 e. The Hall–Kier alpha value is -5.28. The van der Waals surface area contributed by atoms with Gasteiger partial charge in [0, 0.05) is 34.1 Å². The Labute approximate surface area is 301 Å². The third-order valence-corrected chi connectivity index (χ3v) is 12.3. The van der Waals surface area contributed by atoms with E-state index >= 15 is 0 Å². The number of benzene rings is 6. The van der Waals surface area contributed by atoms with Crippen LogP contribution in [0.4, 0.5) is 5.69 Å². The van der Waals surface area contributed by atoms with Crippen molar-refractivity contribution in [1.29, 1.82) is 0 Å². The third kappa shape index (κ3) is 5.33. The molecule has 2 fully saturated rings. The van der Waals surface area contributed by atoms with Crippen LogP contribution in [0.25, 0.3) is 38.6 Å². The lowest BCUT2D eigenvalue weighted by Gasteiger charge is -2.45. The number of ether oxygens (including phenoxy) is 1. The molecule has 252 valence electrons. The van der Waals surface area contributed by atoms with Crippen molar-refractivity contribution < 1.29 is 4.74 Å². The number of nitrogens with zero attached hydrogens (tertiary/aromatic N) is 2. The first kappa shape index (κ1) is 30.5. The molecular weight excluding hydrogens is 621 g/mol. The summed E-state index contributed by atoms with van der Waals surface area (Å²) in [5.74, 6) is 3.20. The van der Waals surface area contributed by atoms with Gasteiger partial charge in [-0.05, 0) is 110 Å². The number of rotatable bonds is 6. The molecule has 2 heterocycles. The van der Waals surface area contributed by atoms with E-state index in [4.69, 9.17) is 4.74 Å². The summed E-state index contributed by atoms with van der Waals surface area (Å²) in [7, 11) is 0. The average molecular weight is 665 g/mol. The SMILES string of the molecule is c1ccc(C2CCC(N(c3ccc(-c4cccc5c4Oc4cccc6c7ccccc7n-5c46)cc3)C3CCC(c4ccccc4)CC3)CC2)cc1. The quantitative estimate of drug-likeness (QED) is 0.176. The van der Waals surface area contributed by atoms with E-state index in [2.05, 4.69) is 155 Å². The molecule has 3 nitrogen and oxygen atoms in total. The topological polar surface area (TPSA) is 17.4 Å². The summed E-state index contributed by atoms with van der Waals surface area (Å²) in [6.07, 6.45) is 10.0. The van der Waals surface area contributed by atoms with Gasteiger partial charge in [-0.1, -0.05) is 115 Å². The van der Waals surface area contributed by atoms with E-state index in [-0.39, 0.29) is 0 Å². The highest BCUT2D eigenvalue weighted by Gasteiger charge is 2.34. The second-order valence-electron chi connectivity index (χ2n) is 15.0. The predicted molar refractivity (Wildman–Crippen MR) is 212 cm³/mol. The van der Waals surface area contributed by atoms with Gasteiger partial charge in [0.25, 0.3) is 0 Å². The van der Waals surface area contributed by atoms with E-state index in [0.717, 1.165) is 28.3 Å². The van der Waals surface area contributed by atoms with E-state index in [1.807, 2.05) is 0 Å². The first-order chi connectivity index (χ1) is 25.3. The van der Waals surface area contributed by atoms with Crippen molar-refractivity contribution in [2.75, 3.05) is 4.90 Å². The van der Waals surface area contributed by atoms with Gasteiger partial charge in [-0.15, -0.1) is 0 Å². The number of para-hydroxylation sites is 3. The second-order valence-corrected chi connectivity index (χ2v) is 15.0. The maximum Gasteiger partial charge on any atom is 0.159 e. The molecule has 6 aromatic carbocycles. The van der Waals surface area contributed by atoms with Gasteiger partial charge in [0.2, 0.25) is 0 Å². The lowest BCUT2D eigenvalue weighted by atomic mass is 9.78. The van der Waals surface area contributed by atoms with Crippen LogP contribution in [0.5, 0.6) is 11.5 Å². The summed E-state index contributed by atoms with van der Waals surface area (Å²) in [5.41, 5.74) is 10.2. The first-order valence-electron chi connectivity index (χ1n) is 19.1. The summed E-state index contributed by atoms with van der Waals surface area (Å²) in [4.78, 5) is 2.86. The van der Waals surface area contributed by atoms with Gasteiger partial charge in [0.15, 0.2) is 11.5 Å².